The van der Waals surface area contributed by atoms with Crippen molar-refractivity contribution in [3.05, 3.63) is 59.5 Å². The van der Waals surface area contributed by atoms with Gasteiger partial charge in [0.1, 0.15) is 11.6 Å². The molecule has 1 aromatic heterocycles. The van der Waals surface area contributed by atoms with Gasteiger partial charge in [0.15, 0.2) is 5.96 Å². The number of pyridine rings is 1. The smallest absolute Gasteiger partial charge is 0.227 e. The predicted molar refractivity (Wildman–Crippen MR) is 96.8 cm³/mol. The summed E-state index contributed by atoms with van der Waals surface area (Å²) < 4.78 is 13.1. The highest BCUT2D eigenvalue weighted by Gasteiger charge is 2.04. The molecule has 1 amide bonds. The highest BCUT2D eigenvalue weighted by molar-refractivity contribution is 5.90. The van der Waals surface area contributed by atoms with E-state index in [4.69, 9.17) is 0 Å². The van der Waals surface area contributed by atoms with Crippen LogP contribution in [0.25, 0.3) is 0 Å². The molecule has 0 bridgehead atoms. The minimum absolute atomic E-state index is 0.135. The number of benzene rings is 1. The lowest BCUT2D eigenvalue weighted by Gasteiger charge is -2.12. The normalized spacial score (nSPS) is 11.1. The van der Waals surface area contributed by atoms with Crippen molar-refractivity contribution in [2.24, 2.45) is 4.99 Å². The third kappa shape index (κ3) is 6.58. The Balaban J connectivity index is 1.71. The Bertz CT molecular complexity index is 731. The van der Waals surface area contributed by atoms with Crippen LogP contribution >= 0.6 is 0 Å². The van der Waals surface area contributed by atoms with Crippen molar-refractivity contribution < 1.29 is 9.18 Å². The van der Waals surface area contributed by atoms with Crippen molar-refractivity contribution in [3.63, 3.8) is 0 Å². The summed E-state index contributed by atoms with van der Waals surface area (Å²) in [4.78, 5) is 20.1. The first-order valence-electron chi connectivity index (χ1n) is 7.98. The molecular formula is C18H22FN5O. The van der Waals surface area contributed by atoms with Gasteiger partial charge in [-0.05, 0) is 36.2 Å². The largest absolute Gasteiger partial charge is 0.356 e. The maximum atomic E-state index is 13.1. The Kier molecular flexibility index (Phi) is 6.88. The molecule has 25 heavy (non-hydrogen) atoms. The molecule has 0 saturated carbocycles. The first kappa shape index (κ1) is 18.4. The van der Waals surface area contributed by atoms with Gasteiger partial charge in [-0.15, -0.1) is 0 Å². The molecule has 0 saturated heterocycles. The van der Waals surface area contributed by atoms with Crippen molar-refractivity contribution in [2.45, 2.75) is 19.9 Å². The van der Waals surface area contributed by atoms with Crippen LogP contribution in [0, 0.1) is 12.7 Å². The van der Waals surface area contributed by atoms with Crippen LogP contribution in [-0.2, 0) is 11.3 Å². The lowest BCUT2D eigenvalue weighted by Crippen LogP contribution is -2.38. The van der Waals surface area contributed by atoms with Crippen molar-refractivity contribution in [3.8, 4) is 0 Å². The van der Waals surface area contributed by atoms with Crippen molar-refractivity contribution in [2.75, 3.05) is 18.9 Å². The minimum Gasteiger partial charge on any atom is -0.356 e. The fourth-order valence-electron chi connectivity index (χ4n) is 2.09. The number of aryl methyl sites for hydroxylation is 1. The molecule has 0 fully saturated rings. The van der Waals surface area contributed by atoms with E-state index in [1.54, 1.807) is 25.4 Å². The number of guanidine groups is 1. The highest BCUT2D eigenvalue weighted by Crippen LogP contribution is 2.04. The Labute approximate surface area is 146 Å². The molecule has 0 aliphatic rings. The number of carbonyl (C=O) groups excluding carboxylic acids is 1. The van der Waals surface area contributed by atoms with E-state index >= 15 is 0 Å². The van der Waals surface area contributed by atoms with Gasteiger partial charge >= 0.3 is 0 Å². The van der Waals surface area contributed by atoms with Gasteiger partial charge in [0.2, 0.25) is 5.91 Å². The quantitative estimate of drug-likeness (QED) is 0.555. The topological polar surface area (TPSA) is 78.4 Å². The maximum Gasteiger partial charge on any atom is 0.227 e. The van der Waals surface area contributed by atoms with Crippen LogP contribution < -0.4 is 16.0 Å². The van der Waals surface area contributed by atoms with E-state index in [0.29, 0.717) is 24.9 Å². The summed E-state index contributed by atoms with van der Waals surface area (Å²) in [6.07, 6.45) is 1.97. The number of aromatic nitrogens is 1. The monoisotopic (exact) mass is 343 g/mol. The van der Waals surface area contributed by atoms with E-state index in [0.717, 1.165) is 11.1 Å². The zero-order chi connectivity index (χ0) is 18.1. The van der Waals surface area contributed by atoms with Gasteiger partial charge < -0.3 is 16.0 Å². The first-order valence-corrected chi connectivity index (χ1v) is 7.98. The standard InChI is InChI=1S/C18H22FN5O/c1-13-6-7-16(22-11-13)24-17(25)8-9-21-18(20-2)23-12-14-4-3-5-15(19)10-14/h3-7,10-11H,8-9,12H2,1-2H3,(H2,20,21,23)(H,22,24,25). The van der Waals surface area contributed by atoms with E-state index in [1.165, 1.54) is 12.1 Å². The Hall–Kier alpha value is -2.96. The van der Waals surface area contributed by atoms with Crippen LogP contribution in [0.15, 0.2) is 47.6 Å². The Morgan fingerprint density at radius 3 is 2.76 bits per heavy atom. The van der Waals surface area contributed by atoms with E-state index < -0.39 is 0 Å². The summed E-state index contributed by atoms with van der Waals surface area (Å²) in [5.74, 6) is 0.669. The fraction of sp³-hybridized carbons (Fsp3) is 0.278. The molecule has 2 rings (SSSR count). The van der Waals surface area contributed by atoms with E-state index in [-0.39, 0.29) is 18.1 Å². The Morgan fingerprint density at radius 1 is 1.24 bits per heavy atom. The predicted octanol–water partition coefficient (Wildman–Crippen LogP) is 2.22. The lowest BCUT2D eigenvalue weighted by atomic mass is 10.2. The van der Waals surface area contributed by atoms with E-state index in [9.17, 15) is 9.18 Å². The fourth-order valence-corrected chi connectivity index (χ4v) is 2.09. The third-order valence-electron chi connectivity index (χ3n) is 3.40. The van der Waals surface area contributed by atoms with Crippen molar-refractivity contribution in [1.82, 2.24) is 15.6 Å². The number of anilines is 1. The molecule has 6 nitrogen and oxygen atoms in total. The average molecular weight is 343 g/mol. The molecule has 1 heterocycles. The number of aliphatic imine (C=N–C) groups is 1. The number of rotatable bonds is 6. The second-order valence-electron chi connectivity index (χ2n) is 5.50. The molecule has 0 atom stereocenters. The molecule has 3 N–H and O–H groups in total. The second-order valence-corrected chi connectivity index (χ2v) is 5.50. The number of amides is 1. The lowest BCUT2D eigenvalue weighted by molar-refractivity contribution is -0.116. The third-order valence-corrected chi connectivity index (χ3v) is 3.40. The molecule has 0 aliphatic carbocycles. The summed E-state index contributed by atoms with van der Waals surface area (Å²) in [6, 6.07) is 10.00. The van der Waals surface area contributed by atoms with E-state index in [2.05, 4.69) is 25.9 Å². The van der Waals surface area contributed by atoms with Gasteiger partial charge in [-0.3, -0.25) is 9.79 Å². The van der Waals surface area contributed by atoms with Crippen LogP contribution in [0.5, 0.6) is 0 Å². The van der Waals surface area contributed by atoms with Gasteiger partial charge in [-0.2, -0.15) is 0 Å². The first-order chi connectivity index (χ1) is 12.1. The van der Waals surface area contributed by atoms with Crippen LogP contribution in [-0.4, -0.2) is 30.4 Å². The van der Waals surface area contributed by atoms with Gasteiger partial charge in [0.05, 0.1) is 0 Å². The molecule has 7 heteroatoms. The summed E-state index contributed by atoms with van der Waals surface area (Å²) in [7, 11) is 1.64. The molecule has 2 aromatic rings. The number of hydrogen-bond acceptors (Lipinski definition) is 3. The zero-order valence-electron chi connectivity index (χ0n) is 14.3. The van der Waals surface area contributed by atoms with Crippen LogP contribution in [0.3, 0.4) is 0 Å². The summed E-state index contributed by atoms with van der Waals surface area (Å²) in [6.45, 7) is 2.79. The molecular weight excluding hydrogens is 321 g/mol. The number of carbonyl (C=O) groups is 1. The van der Waals surface area contributed by atoms with E-state index in [1.807, 2.05) is 19.1 Å². The number of halogens is 1. The molecule has 1 aromatic carbocycles. The summed E-state index contributed by atoms with van der Waals surface area (Å²) in [5.41, 5.74) is 1.85. The second kappa shape index (κ2) is 9.36. The van der Waals surface area contributed by atoms with Gasteiger partial charge in [-0.25, -0.2) is 9.37 Å². The SMILES string of the molecule is CN=C(NCCC(=O)Nc1ccc(C)cn1)NCc1cccc(F)c1. The molecule has 0 unspecified atom stereocenters. The van der Waals surface area contributed by atoms with Gasteiger partial charge in [0.25, 0.3) is 0 Å². The van der Waals surface area contributed by atoms with Gasteiger partial charge in [0, 0.05) is 32.8 Å². The van der Waals surface area contributed by atoms with Crippen LogP contribution in [0.4, 0.5) is 10.2 Å². The summed E-state index contributed by atoms with van der Waals surface area (Å²) in [5, 5.41) is 8.85. The highest BCUT2D eigenvalue weighted by atomic mass is 19.1. The summed E-state index contributed by atoms with van der Waals surface area (Å²) >= 11 is 0. The molecule has 0 radical (unpaired) electrons. The van der Waals surface area contributed by atoms with Crippen LogP contribution in [0.2, 0.25) is 0 Å². The Morgan fingerprint density at radius 2 is 2.08 bits per heavy atom. The molecule has 0 spiro atoms. The molecule has 0 aliphatic heterocycles. The minimum atomic E-state index is -0.274. The average Bonchev–Trinajstić information content (AvgIpc) is 2.60. The van der Waals surface area contributed by atoms with Crippen molar-refractivity contribution >= 4 is 17.7 Å². The van der Waals surface area contributed by atoms with Gasteiger partial charge in [-0.1, -0.05) is 18.2 Å². The number of nitrogens with one attached hydrogen (secondary N) is 3. The maximum absolute atomic E-state index is 13.1. The molecule has 132 valence electrons. The zero-order valence-corrected chi connectivity index (χ0v) is 14.3. The van der Waals surface area contributed by atoms with Crippen LogP contribution in [0.1, 0.15) is 17.5 Å². The number of nitrogens with zero attached hydrogens (tertiary/aromatic N) is 2. The van der Waals surface area contributed by atoms with Crippen molar-refractivity contribution in [1.29, 1.82) is 0 Å². The number of hydrogen-bond donors (Lipinski definition) is 3.